The van der Waals surface area contributed by atoms with Gasteiger partial charge in [0.05, 0.1) is 0 Å². The summed E-state index contributed by atoms with van der Waals surface area (Å²) in [4.78, 5) is 22.8. The molecule has 6 heteroatoms. The van der Waals surface area contributed by atoms with Gasteiger partial charge in [0.1, 0.15) is 11.9 Å². The molecule has 0 aliphatic heterocycles. The number of methoxy groups -OCH3 is 1. The van der Waals surface area contributed by atoms with Crippen LogP contribution in [0.4, 0.5) is 5.69 Å². The molecule has 2 aromatic carbocycles. The minimum atomic E-state index is -1.04. The van der Waals surface area contributed by atoms with E-state index < -0.39 is 18.7 Å². The highest BCUT2D eigenvalue weighted by Crippen LogP contribution is 2.31. The lowest BCUT2D eigenvalue weighted by Gasteiger charge is -2.16. The smallest absolute Gasteiger partial charge is 0.341 e. The summed E-state index contributed by atoms with van der Waals surface area (Å²) in [5.41, 5.74) is 0.628. The molecule has 0 saturated heterocycles. The van der Waals surface area contributed by atoms with Crippen molar-refractivity contribution < 1.29 is 24.2 Å². The van der Waals surface area contributed by atoms with E-state index in [0.717, 1.165) is 10.8 Å². The second-order valence-corrected chi connectivity index (χ2v) is 4.96. The zero-order valence-electron chi connectivity index (χ0n) is 13.0. The van der Waals surface area contributed by atoms with Crippen molar-refractivity contribution in [2.24, 2.45) is 0 Å². The lowest BCUT2D eigenvalue weighted by molar-refractivity contribution is -0.139. The van der Waals surface area contributed by atoms with Crippen LogP contribution in [0.1, 0.15) is 13.3 Å². The number of benzene rings is 2. The van der Waals surface area contributed by atoms with Crippen LogP contribution in [0.5, 0.6) is 5.75 Å². The third kappa shape index (κ3) is 3.98. The van der Waals surface area contributed by atoms with E-state index in [4.69, 9.17) is 14.6 Å². The first-order valence-electron chi connectivity index (χ1n) is 7.26. The van der Waals surface area contributed by atoms with Crippen molar-refractivity contribution in [1.82, 2.24) is 0 Å². The molecule has 0 fully saturated rings. The molecule has 1 amide bonds. The summed E-state index contributed by atoms with van der Waals surface area (Å²) in [6.07, 6.45) is 0.0526. The molecule has 0 aliphatic rings. The molecule has 0 bridgehead atoms. The molecule has 2 N–H and O–H groups in total. The predicted octanol–water partition coefficient (Wildman–Crippen LogP) is 2.67. The number of carboxylic acid groups (broad SMARTS) is 1. The Morgan fingerprint density at radius 2 is 1.87 bits per heavy atom. The minimum Gasteiger partial charge on any atom is -0.481 e. The Labute approximate surface area is 134 Å². The maximum Gasteiger partial charge on any atom is 0.341 e. The molecule has 0 radical (unpaired) electrons. The second-order valence-electron chi connectivity index (χ2n) is 4.96. The van der Waals surface area contributed by atoms with Crippen LogP contribution in [-0.2, 0) is 14.3 Å². The number of hydrogen-bond acceptors (Lipinski definition) is 4. The molecule has 0 spiro atoms. The van der Waals surface area contributed by atoms with Crippen LogP contribution in [-0.4, -0.2) is 36.8 Å². The fraction of sp³-hybridized carbons (Fsp3) is 0.294. The monoisotopic (exact) mass is 317 g/mol. The lowest BCUT2D eigenvalue weighted by atomic mass is 10.1. The normalized spacial score (nSPS) is 11.9. The van der Waals surface area contributed by atoms with Crippen molar-refractivity contribution in [3.05, 3.63) is 36.4 Å². The van der Waals surface area contributed by atoms with Gasteiger partial charge in [-0.05, 0) is 18.6 Å². The molecule has 6 nitrogen and oxygen atoms in total. The highest BCUT2D eigenvalue weighted by molar-refractivity contribution is 6.05. The fourth-order valence-electron chi connectivity index (χ4n) is 2.32. The van der Waals surface area contributed by atoms with E-state index in [1.165, 1.54) is 7.11 Å². The molecule has 2 rings (SSSR count). The van der Waals surface area contributed by atoms with Crippen LogP contribution in [0.2, 0.25) is 0 Å². The number of carbonyl (C=O) groups excluding carboxylic acids is 1. The van der Waals surface area contributed by atoms with Crippen molar-refractivity contribution in [2.75, 3.05) is 19.0 Å². The standard InChI is InChI=1S/C17H19NO5/c1-3-14(22-2)17(21)18-13-8-9-15(23-10-16(19)20)12-7-5-4-6-11(12)13/h4-9,14H,3,10H2,1-2H3,(H,18,21)(H,19,20). The van der Waals surface area contributed by atoms with Gasteiger partial charge >= 0.3 is 5.97 Å². The summed E-state index contributed by atoms with van der Waals surface area (Å²) >= 11 is 0. The van der Waals surface area contributed by atoms with Crippen LogP contribution >= 0.6 is 0 Å². The van der Waals surface area contributed by atoms with Crippen molar-refractivity contribution in [3.63, 3.8) is 0 Å². The molecule has 2 aromatic rings. The molecule has 1 unspecified atom stereocenters. The van der Waals surface area contributed by atoms with Gasteiger partial charge in [0.15, 0.2) is 6.61 Å². The van der Waals surface area contributed by atoms with Gasteiger partial charge in [0.25, 0.3) is 5.91 Å². The summed E-state index contributed by atoms with van der Waals surface area (Å²) in [5.74, 6) is -0.809. The minimum absolute atomic E-state index is 0.223. The molecule has 1 atom stereocenters. The van der Waals surface area contributed by atoms with Crippen molar-refractivity contribution >= 4 is 28.3 Å². The van der Waals surface area contributed by atoms with Crippen LogP contribution in [0, 0.1) is 0 Å². The maximum atomic E-state index is 12.2. The van der Waals surface area contributed by atoms with Gasteiger partial charge in [-0.15, -0.1) is 0 Å². The van der Waals surface area contributed by atoms with E-state index in [9.17, 15) is 9.59 Å². The highest BCUT2D eigenvalue weighted by atomic mass is 16.5. The summed E-state index contributed by atoms with van der Waals surface area (Å²) in [5, 5.41) is 13.1. The van der Waals surface area contributed by atoms with E-state index in [0.29, 0.717) is 17.9 Å². The van der Waals surface area contributed by atoms with E-state index in [-0.39, 0.29) is 5.91 Å². The van der Waals surface area contributed by atoms with Crippen molar-refractivity contribution in [1.29, 1.82) is 0 Å². The van der Waals surface area contributed by atoms with E-state index in [1.807, 2.05) is 31.2 Å². The predicted molar refractivity (Wildman–Crippen MR) is 86.8 cm³/mol. The Kier molecular flexibility index (Phi) is 5.54. The van der Waals surface area contributed by atoms with Crippen LogP contribution < -0.4 is 10.1 Å². The van der Waals surface area contributed by atoms with Gasteiger partial charge < -0.3 is 19.9 Å². The molecular formula is C17H19NO5. The Morgan fingerprint density at radius 1 is 1.17 bits per heavy atom. The first kappa shape index (κ1) is 16.8. The number of hydrogen-bond donors (Lipinski definition) is 2. The zero-order valence-corrected chi connectivity index (χ0v) is 13.0. The number of rotatable bonds is 7. The summed E-state index contributed by atoms with van der Waals surface area (Å²) in [6, 6.07) is 10.7. The van der Waals surface area contributed by atoms with Crippen molar-refractivity contribution in [3.8, 4) is 5.75 Å². The van der Waals surface area contributed by atoms with Gasteiger partial charge in [-0.2, -0.15) is 0 Å². The largest absolute Gasteiger partial charge is 0.481 e. The van der Waals surface area contributed by atoms with Gasteiger partial charge in [-0.1, -0.05) is 31.2 Å². The average Bonchev–Trinajstić information content (AvgIpc) is 2.55. The first-order valence-corrected chi connectivity index (χ1v) is 7.26. The van der Waals surface area contributed by atoms with E-state index in [1.54, 1.807) is 12.1 Å². The molecule has 0 aromatic heterocycles. The van der Waals surface area contributed by atoms with Crippen LogP contribution in [0.15, 0.2) is 36.4 Å². The quantitative estimate of drug-likeness (QED) is 0.820. The summed E-state index contributed by atoms with van der Waals surface area (Å²) in [6.45, 7) is 1.45. The number of carbonyl (C=O) groups is 2. The lowest BCUT2D eigenvalue weighted by Crippen LogP contribution is -2.28. The van der Waals surface area contributed by atoms with Crippen LogP contribution in [0.25, 0.3) is 10.8 Å². The van der Waals surface area contributed by atoms with Crippen molar-refractivity contribution in [2.45, 2.75) is 19.4 Å². The van der Waals surface area contributed by atoms with E-state index >= 15 is 0 Å². The van der Waals surface area contributed by atoms with Gasteiger partial charge in [-0.3, -0.25) is 4.79 Å². The number of anilines is 1. The summed E-state index contributed by atoms with van der Waals surface area (Å²) in [7, 11) is 1.49. The van der Waals surface area contributed by atoms with E-state index in [2.05, 4.69) is 5.32 Å². The molecule has 0 heterocycles. The third-order valence-corrected chi connectivity index (χ3v) is 3.44. The number of amides is 1. The second kappa shape index (κ2) is 7.60. The Hall–Kier alpha value is -2.60. The first-order chi connectivity index (χ1) is 11.1. The Bertz CT molecular complexity index is 709. The zero-order chi connectivity index (χ0) is 16.8. The van der Waals surface area contributed by atoms with Crippen LogP contribution in [0.3, 0.4) is 0 Å². The maximum absolute atomic E-state index is 12.2. The topological polar surface area (TPSA) is 84.9 Å². The molecule has 23 heavy (non-hydrogen) atoms. The molecule has 0 saturated carbocycles. The summed E-state index contributed by atoms with van der Waals surface area (Å²) < 4.78 is 10.4. The third-order valence-electron chi connectivity index (χ3n) is 3.44. The Morgan fingerprint density at radius 3 is 2.48 bits per heavy atom. The number of carboxylic acids is 1. The number of ether oxygens (including phenoxy) is 2. The number of nitrogens with one attached hydrogen (secondary N) is 1. The molecule has 0 aliphatic carbocycles. The molecule has 122 valence electrons. The Balaban J connectivity index is 2.34. The molecular weight excluding hydrogens is 298 g/mol. The number of fused-ring (bicyclic) bond motifs is 1. The SMILES string of the molecule is CCC(OC)C(=O)Nc1ccc(OCC(=O)O)c2ccccc12. The fourth-order valence-corrected chi connectivity index (χ4v) is 2.32. The van der Waals surface area contributed by atoms with Gasteiger partial charge in [0.2, 0.25) is 0 Å². The highest BCUT2D eigenvalue weighted by Gasteiger charge is 2.17. The van der Waals surface area contributed by atoms with Gasteiger partial charge in [-0.25, -0.2) is 4.79 Å². The van der Waals surface area contributed by atoms with Gasteiger partial charge in [0, 0.05) is 23.6 Å². The average molecular weight is 317 g/mol. The number of aliphatic carboxylic acids is 1.